The molecule has 0 fully saturated rings. The SMILES string of the molecule is CCOC(=O)c1ccc(C2COc3ccc(Cl)cc3C2)cc1. The second-order valence-electron chi connectivity index (χ2n) is 5.31. The van der Waals surface area contributed by atoms with E-state index in [0.29, 0.717) is 18.8 Å². The zero-order valence-corrected chi connectivity index (χ0v) is 13.1. The molecule has 1 atom stereocenters. The molecule has 0 aromatic heterocycles. The fraction of sp³-hybridized carbons (Fsp3) is 0.278. The van der Waals surface area contributed by atoms with Crippen LogP contribution in [-0.2, 0) is 11.2 Å². The lowest BCUT2D eigenvalue weighted by molar-refractivity contribution is 0.0526. The molecule has 22 heavy (non-hydrogen) atoms. The Labute approximate surface area is 134 Å². The van der Waals surface area contributed by atoms with Gasteiger partial charge in [-0.1, -0.05) is 23.7 Å². The first-order valence-electron chi connectivity index (χ1n) is 7.35. The van der Waals surface area contributed by atoms with Crippen molar-refractivity contribution in [2.75, 3.05) is 13.2 Å². The summed E-state index contributed by atoms with van der Waals surface area (Å²) in [6, 6.07) is 13.3. The molecule has 0 amide bonds. The Morgan fingerprint density at radius 2 is 2.05 bits per heavy atom. The second-order valence-corrected chi connectivity index (χ2v) is 5.74. The Kier molecular flexibility index (Phi) is 4.34. The van der Waals surface area contributed by atoms with E-state index in [9.17, 15) is 4.79 Å². The Hall–Kier alpha value is -2.00. The third kappa shape index (κ3) is 3.09. The summed E-state index contributed by atoms with van der Waals surface area (Å²) in [5.74, 6) is 0.886. The number of esters is 1. The van der Waals surface area contributed by atoms with E-state index in [2.05, 4.69) is 0 Å². The molecule has 1 aliphatic rings. The fourth-order valence-electron chi connectivity index (χ4n) is 2.68. The number of carbonyl (C=O) groups excluding carboxylic acids is 1. The van der Waals surface area contributed by atoms with Crippen LogP contribution in [-0.4, -0.2) is 19.2 Å². The van der Waals surface area contributed by atoms with E-state index in [1.165, 1.54) is 0 Å². The van der Waals surface area contributed by atoms with Crippen LogP contribution in [0.2, 0.25) is 5.02 Å². The van der Waals surface area contributed by atoms with Gasteiger partial charge in [0.05, 0.1) is 18.8 Å². The molecule has 3 nitrogen and oxygen atoms in total. The van der Waals surface area contributed by atoms with Gasteiger partial charge in [0.1, 0.15) is 5.75 Å². The summed E-state index contributed by atoms with van der Waals surface area (Å²) in [5.41, 5.74) is 2.85. The predicted octanol–water partition coefficient (Wildman–Crippen LogP) is 4.24. The van der Waals surface area contributed by atoms with Crippen LogP contribution in [0.15, 0.2) is 42.5 Å². The number of benzene rings is 2. The van der Waals surface area contributed by atoms with Gasteiger partial charge < -0.3 is 9.47 Å². The Balaban J connectivity index is 1.77. The number of halogens is 1. The predicted molar refractivity (Wildman–Crippen MR) is 85.8 cm³/mol. The normalized spacial score (nSPS) is 16.5. The number of hydrogen-bond acceptors (Lipinski definition) is 3. The maximum Gasteiger partial charge on any atom is 0.338 e. The first kappa shape index (κ1) is 14.9. The zero-order chi connectivity index (χ0) is 15.5. The van der Waals surface area contributed by atoms with Gasteiger partial charge in [0.15, 0.2) is 0 Å². The van der Waals surface area contributed by atoms with E-state index >= 15 is 0 Å². The van der Waals surface area contributed by atoms with Gasteiger partial charge in [-0.25, -0.2) is 4.79 Å². The molecule has 0 aliphatic carbocycles. The van der Waals surface area contributed by atoms with Crippen LogP contribution in [0.3, 0.4) is 0 Å². The maximum atomic E-state index is 11.7. The van der Waals surface area contributed by atoms with Crippen LogP contribution < -0.4 is 4.74 Å². The summed E-state index contributed by atoms with van der Waals surface area (Å²) < 4.78 is 10.8. The summed E-state index contributed by atoms with van der Waals surface area (Å²) in [6.07, 6.45) is 0.884. The zero-order valence-electron chi connectivity index (χ0n) is 12.3. The van der Waals surface area contributed by atoms with Gasteiger partial charge >= 0.3 is 5.97 Å². The van der Waals surface area contributed by atoms with E-state index < -0.39 is 0 Å². The molecular formula is C18H17ClO3. The van der Waals surface area contributed by atoms with Gasteiger partial charge in [0.2, 0.25) is 0 Å². The molecule has 1 unspecified atom stereocenters. The molecule has 4 heteroatoms. The van der Waals surface area contributed by atoms with Gasteiger partial charge in [-0.2, -0.15) is 0 Å². The molecular weight excluding hydrogens is 300 g/mol. The largest absolute Gasteiger partial charge is 0.493 e. The van der Waals surface area contributed by atoms with Crippen molar-refractivity contribution in [2.45, 2.75) is 19.3 Å². The minimum absolute atomic E-state index is 0.266. The average molecular weight is 317 g/mol. The highest BCUT2D eigenvalue weighted by Gasteiger charge is 2.22. The van der Waals surface area contributed by atoms with E-state index in [1.807, 2.05) is 30.3 Å². The van der Waals surface area contributed by atoms with Crippen molar-refractivity contribution in [2.24, 2.45) is 0 Å². The second kappa shape index (κ2) is 6.41. The molecule has 0 saturated carbocycles. The summed E-state index contributed by atoms with van der Waals surface area (Å²) in [7, 11) is 0. The molecule has 0 radical (unpaired) electrons. The quantitative estimate of drug-likeness (QED) is 0.795. The average Bonchev–Trinajstić information content (AvgIpc) is 2.54. The summed E-state index contributed by atoms with van der Waals surface area (Å²) in [4.78, 5) is 11.7. The van der Waals surface area contributed by atoms with Crippen LogP contribution in [0.25, 0.3) is 0 Å². The number of rotatable bonds is 3. The highest BCUT2D eigenvalue weighted by molar-refractivity contribution is 6.30. The standard InChI is InChI=1S/C18H17ClO3/c1-2-21-18(20)13-5-3-12(4-6-13)15-9-14-10-16(19)7-8-17(14)22-11-15/h3-8,10,15H,2,9,11H2,1H3. The highest BCUT2D eigenvalue weighted by atomic mass is 35.5. The Morgan fingerprint density at radius 3 is 2.77 bits per heavy atom. The molecule has 1 aliphatic heterocycles. The minimum atomic E-state index is -0.286. The van der Waals surface area contributed by atoms with Crippen molar-refractivity contribution >= 4 is 17.6 Å². The van der Waals surface area contributed by atoms with Crippen molar-refractivity contribution in [1.82, 2.24) is 0 Å². The summed E-state index contributed by atoms with van der Waals surface area (Å²) in [5, 5.41) is 0.723. The van der Waals surface area contributed by atoms with E-state index in [0.717, 1.165) is 28.3 Å². The molecule has 0 spiro atoms. The van der Waals surface area contributed by atoms with E-state index in [4.69, 9.17) is 21.1 Å². The van der Waals surface area contributed by atoms with Crippen LogP contribution >= 0.6 is 11.6 Å². The fourth-order valence-corrected chi connectivity index (χ4v) is 2.88. The Bertz CT molecular complexity index is 679. The van der Waals surface area contributed by atoms with Gasteiger partial charge in [-0.3, -0.25) is 0 Å². The molecule has 114 valence electrons. The number of carbonyl (C=O) groups is 1. The van der Waals surface area contributed by atoms with Crippen molar-refractivity contribution in [3.63, 3.8) is 0 Å². The summed E-state index contributed by atoms with van der Waals surface area (Å²) in [6.45, 7) is 2.82. The van der Waals surface area contributed by atoms with Crippen molar-refractivity contribution in [1.29, 1.82) is 0 Å². The minimum Gasteiger partial charge on any atom is -0.493 e. The van der Waals surface area contributed by atoms with Gasteiger partial charge in [0, 0.05) is 10.9 Å². The number of ether oxygens (including phenoxy) is 2. The number of fused-ring (bicyclic) bond motifs is 1. The monoisotopic (exact) mass is 316 g/mol. The third-order valence-corrected chi connectivity index (χ3v) is 4.06. The van der Waals surface area contributed by atoms with Crippen LogP contribution in [0, 0.1) is 0 Å². The lowest BCUT2D eigenvalue weighted by Crippen LogP contribution is -2.19. The molecule has 3 rings (SSSR count). The molecule has 2 aromatic carbocycles. The molecule has 2 aromatic rings. The number of hydrogen-bond donors (Lipinski definition) is 0. The first-order valence-corrected chi connectivity index (χ1v) is 7.73. The van der Waals surface area contributed by atoms with Gasteiger partial charge in [0.25, 0.3) is 0 Å². The molecule has 1 heterocycles. The van der Waals surface area contributed by atoms with Gasteiger partial charge in [-0.05, 0) is 54.8 Å². The third-order valence-electron chi connectivity index (χ3n) is 3.82. The van der Waals surface area contributed by atoms with Crippen LogP contribution in [0.1, 0.15) is 34.3 Å². The van der Waals surface area contributed by atoms with Gasteiger partial charge in [-0.15, -0.1) is 0 Å². The summed E-state index contributed by atoms with van der Waals surface area (Å²) >= 11 is 6.05. The molecule has 0 N–H and O–H groups in total. The topological polar surface area (TPSA) is 35.5 Å². The van der Waals surface area contributed by atoms with Crippen molar-refractivity contribution in [3.05, 3.63) is 64.2 Å². The maximum absolute atomic E-state index is 11.7. The lowest BCUT2D eigenvalue weighted by atomic mass is 9.90. The molecule has 0 saturated heterocycles. The first-order chi connectivity index (χ1) is 10.7. The van der Waals surface area contributed by atoms with E-state index in [-0.39, 0.29) is 11.9 Å². The Morgan fingerprint density at radius 1 is 1.27 bits per heavy atom. The lowest BCUT2D eigenvalue weighted by Gasteiger charge is -2.25. The van der Waals surface area contributed by atoms with Crippen molar-refractivity contribution < 1.29 is 14.3 Å². The molecule has 0 bridgehead atoms. The van der Waals surface area contributed by atoms with E-state index in [1.54, 1.807) is 19.1 Å². The van der Waals surface area contributed by atoms with Crippen molar-refractivity contribution in [3.8, 4) is 5.75 Å². The van der Waals surface area contributed by atoms with Crippen LogP contribution in [0.5, 0.6) is 5.75 Å². The smallest absolute Gasteiger partial charge is 0.338 e. The van der Waals surface area contributed by atoms with Crippen LogP contribution in [0.4, 0.5) is 0 Å². The highest BCUT2D eigenvalue weighted by Crippen LogP contribution is 2.34.